The molecule has 4 nitrogen and oxygen atoms in total. The highest BCUT2D eigenvalue weighted by atomic mass is 16.2. The zero-order valence-corrected chi connectivity index (χ0v) is 8.82. The summed E-state index contributed by atoms with van der Waals surface area (Å²) in [4.78, 5) is 26.9. The maximum absolute atomic E-state index is 11.9. The van der Waals surface area contributed by atoms with Gasteiger partial charge in [-0.2, -0.15) is 0 Å². The van der Waals surface area contributed by atoms with Crippen molar-refractivity contribution in [3.8, 4) is 0 Å². The summed E-state index contributed by atoms with van der Waals surface area (Å²) in [6.07, 6.45) is 5.62. The van der Waals surface area contributed by atoms with Gasteiger partial charge in [0, 0.05) is 12.6 Å². The topological polar surface area (TPSA) is 40.6 Å². The molecule has 0 spiro atoms. The first-order chi connectivity index (χ1) is 7.25. The van der Waals surface area contributed by atoms with Gasteiger partial charge in [-0.1, -0.05) is 0 Å². The summed E-state index contributed by atoms with van der Waals surface area (Å²) in [6.45, 7) is 1.12. The third-order valence-electron chi connectivity index (χ3n) is 3.69. The van der Waals surface area contributed by atoms with Crippen LogP contribution in [-0.4, -0.2) is 40.9 Å². The Bertz CT molecular complexity index is 308. The van der Waals surface area contributed by atoms with E-state index in [-0.39, 0.29) is 18.0 Å². The van der Waals surface area contributed by atoms with Crippen molar-refractivity contribution >= 4 is 11.9 Å². The fourth-order valence-electron chi connectivity index (χ4n) is 2.33. The van der Waals surface area contributed by atoms with Gasteiger partial charge in [-0.05, 0) is 38.0 Å². The first-order valence-corrected chi connectivity index (χ1v) is 5.86. The van der Waals surface area contributed by atoms with E-state index in [4.69, 9.17) is 0 Å². The first-order valence-electron chi connectivity index (χ1n) is 5.86. The fraction of sp³-hybridized carbons (Fsp3) is 0.818. The second kappa shape index (κ2) is 3.22. The van der Waals surface area contributed by atoms with Crippen LogP contribution in [0.3, 0.4) is 0 Å². The second-order valence-corrected chi connectivity index (χ2v) is 4.95. The number of hydrogen-bond donors (Lipinski definition) is 0. The van der Waals surface area contributed by atoms with Crippen molar-refractivity contribution in [2.24, 2.45) is 5.92 Å². The molecule has 0 radical (unpaired) electrons. The predicted molar refractivity (Wildman–Crippen MR) is 54.2 cm³/mol. The lowest BCUT2D eigenvalue weighted by Crippen LogP contribution is -2.45. The molecule has 1 saturated heterocycles. The summed E-state index contributed by atoms with van der Waals surface area (Å²) in [6, 6.07) is 0.186. The molecule has 15 heavy (non-hydrogen) atoms. The monoisotopic (exact) mass is 208 g/mol. The Hall–Kier alpha value is -1.06. The highest BCUT2D eigenvalue weighted by Gasteiger charge is 2.43. The summed E-state index contributed by atoms with van der Waals surface area (Å²) < 4.78 is 0. The van der Waals surface area contributed by atoms with E-state index in [0.717, 1.165) is 25.8 Å². The molecule has 3 fully saturated rings. The molecule has 3 aliphatic rings. The molecule has 0 aromatic carbocycles. The second-order valence-electron chi connectivity index (χ2n) is 4.95. The molecule has 0 aromatic rings. The Morgan fingerprint density at radius 1 is 1.13 bits per heavy atom. The molecule has 2 aliphatic carbocycles. The van der Waals surface area contributed by atoms with Crippen LogP contribution in [0.4, 0.5) is 4.79 Å². The standard InChI is InChI=1S/C11H16N2O2/c14-10-7-12(6-8-4-5-8)11(15)13(10)9-2-1-3-9/h8-9H,1-7H2. The Morgan fingerprint density at radius 3 is 2.40 bits per heavy atom. The molecule has 0 bridgehead atoms. The van der Waals surface area contributed by atoms with Crippen LogP contribution in [0, 0.1) is 5.92 Å². The van der Waals surface area contributed by atoms with E-state index in [0.29, 0.717) is 12.5 Å². The SMILES string of the molecule is O=C1CN(CC2CC2)C(=O)N1C1CCC1. The van der Waals surface area contributed by atoms with Crippen LogP contribution < -0.4 is 0 Å². The van der Waals surface area contributed by atoms with Crippen LogP contribution in [0.2, 0.25) is 0 Å². The number of imide groups is 1. The van der Waals surface area contributed by atoms with E-state index in [2.05, 4.69) is 0 Å². The Morgan fingerprint density at radius 2 is 1.87 bits per heavy atom. The molecule has 1 aliphatic heterocycles. The van der Waals surface area contributed by atoms with Crippen molar-refractivity contribution in [3.05, 3.63) is 0 Å². The number of rotatable bonds is 3. The zero-order valence-electron chi connectivity index (χ0n) is 8.82. The van der Waals surface area contributed by atoms with Gasteiger partial charge in [0.05, 0.1) is 0 Å². The molecular weight excluding hydrogens is 192 g/mol. The van der Waals surface area contributed by atoms with Gasteiger partial charge in [0.1, 0.15) is 6.54 Å². The van der Waals surface area contributed by atoms with E-state index >= 15 is 0 Å². The van der Waals surface area contributed by atoms with Gasteiger partial charge in [0.15, 0.2) is 0 Å². The minimum atomic E-state index is -0.0309. The van der Waals surface area contributed by atoms with E-state index in [9.17, 15) is 9.59 Å². The van der Waals surface area contributed by atoms with Crippen molar-refractivity contribution < 1.29 is 9.59 Å². The third kappa shape index (κ3) is 1.52. The number of amides is 3. The van der Waals surface area contributed by atoms with E-state index in [1.54, 1.807) is 4.90 Å². The summed E-state index contributed by atoms with van der Waals surface area (Å²) in [5.74, 6) is 0.688. The summed E-state index contributed by atoms with van der Waals surface area (Å²) in [5, 5.41) is 0. The normalized spacial score (nSPS) is 27.5. The smallest absolute Gasteiger partial charge is 0.315 e. The van der Waals surface area contributed by atoms with Gasteiger partial charge in [-0.25, -0.2) is 4.79 Å². The predicted octanol–water partition coefficient (Wildman–Crippen LogP) is 1.21. The van der Waals surface area contributed by atoms with Crippen molar-refractivity contribution in [3.63, 3.8) is 0 Å². The molecule has 1 heterocycles. The van der Waals surface area contributed by atoms with Crippen molar-refractivity contribution in [2.75, 3.05) is 13.1 Å². The van der Waals surface area contributed by atoms with Crippen LogP contribution in [0.1, 0.15) is 32.1 Å². The highest BCUT2D eigenvalue weighted by Crippen LogP contribution is 2.33. The molecule has 0 unspecified atom stereocenters. The van der Waals surface area contributed by atoms with Crippen LogP contribution in [0.25, 0.3) is 0 Å². The Kier molecular flexibility index (Phi) is 1.97. The van der Waals surface area contributed by atoms with Gasteiger partial charge in [0.2, 0.25) is 0 Å². The van der Waals surface area contributed by atoms with Crippen LogP contribution in [0.5, 0.6) is 0 Å². The molecule has 3 rings (SSSR count). The van der Waals surface area contributed by atoms with Crippen LogP contribution in [0.15, 0.2) is 0 Å². The fourth-order valence-corrected chi connectivity index (χ4v) is 2.33. The third-order valence-corrected chi connectivity index (χ3v) is 3.69. The van der Waals surface area contributed by atoms with Gasteiger partial charge in [0.25, 0.3) is 5.91 Å². The average Bonchev–Trinajstić information content (AvgIpc) is 2.87. The Balaban J connectivity index is 1.68. The molecule has 0 N–H and O–H groups in total. The Labute approximate surface area is 89.2 Å². The molecule has 0 aromatic heterocycles. The summed E-state index contributed by atoms with van der Waals surface area (Å²) in [5.41, 5.74) is 0. The number of urea groups is 1. The first kappa shape index (κ1) is 9.19. The zero-order chi connectivity index (χ0) is 10.4. The maximum Gasteiger partial charge on any atom is 0.327 e. The van der Waals surface area contributed by atoms with Crippen molar-refractivity contribution in [2.45, 2.75) is 38.1 Å². The minimum absolute atomic E-state index is 0.0188. The lowest BCUT2D eigenvalue weighted by atomic mass is 9.92. The van der Waals surface area contributed by atoms with Crippen LogP contribution >= 0.6 is 0 Å². The summed E-state index contributed by atoms with van der Waals surface area (Å²) in [7, 11) is 0. The number of carbonyl (C=O) groups excluding carboxylic acids is 2. The molecule has 0 atom stereocenters. The van der Waals surface area contributed by atoms with Crippen LogP contribution in [-0.2, 0) is 4.79 Å². The minimum Gasteiger partial charge on any atom is -0.315 e. The molecule has 82 valence electrons. The lowest BCUT2D eigenvalue weighted by Gasteiger charge is -2.32. The average molecular weight is 208 g/mol. The maximum atomic E-state index is 11.9. The van der Waals surface area contributed by atoms with E-state index in [1.807, 2.05) is 0 Å². The quantitative estimate of drug-likeness (QED) is 0.654. The molecular formula is C11H16N2O2. The van der Waals surface area contributed by atoms with Gasteiger partial charge in [-0.3, -0.25) is 9.69 Å². The van der Waals surface area contributed by atoms with Gasteiger partial charge < -0.3 is 4.90 Å². The van der Waals surface area contributed by atoms with Gasteiger partial charge in [-0.15, -0.1) is 0 Å². The largest absolute Gasteiger partial charge is 0.327 e. The molecule has 3 amide bonds. The number of nitrogens with zero attached hydrogens (tertiary/aromatic N) is 2. The van der Waals surface area contributed by atoms with E-state index < -0.39 is 0 Å². The van der Waals surface area contributed by atoms with Gasteiger partial charge >= 0.3 is 6.03 Å². The summed E-state index contributed by atoms with van der Waals surface area (Å²) >= 11 is 0. The van der Waals surface area contributed by atoms with E-state index in [1.165, 1.54) is 17.7 Å². The van der Waals surface area contributed by atoms with Crippen molar-refractivity contribution in [1.29, 1.82) is 0 Å². The van der Waals surface area contributed by atoms with Crippen molar-refractivity contribution in [1.82, 2.24) is 9.80 Å². The molecule has 2 saturated carbocycles. The number of carbonyl (C=O) groups is 2. The number of hydrogen-bond acceptors (Lipinski definition) is 2. The molecule has 4 heteroatoms. The highest BCUT2D eigenvalue weighted by molar-refractivity contribution is 6.02. The lowest BCUT2D eigenvalue weighted by molar-refractivity contribution is -0.127.